The Morgan fingerprint density at radius 1 is 1.19 bits per heavy atom. The maximum atomic E-state index is 12.7. The number of aryl methyl sites for hydroxylation is 1. The third-order valence-electron chi connectivity index (χ3n) is 4.49. The molecular weight excluding hydrogens is 406 g/mol. The molecule has 0 radical (unpaired) electrons. The molecule has 31 heavy (non-hydrogen) atoms. The van der Waals surface area contributed by atoms with Gasteiger partial charge in [0.05, 0.1) is 13.7 Å². The molecule has 0 atom stereocenters. The SMILES string of the molecule is CCNC(=NCc1cc(OC)ccc1OC(F)F)NCCCc1nnc2ccccn12. The highest BCUT2D eigenvalue weighted by Crippen LogP contribution is 2.26. The normalized spacial score (nSPS) is 11.7. The second kappa shape index (κ2) is 11.1. The van der Waals surface area contributed by atoms with Crippen molar-refractivity contribution in [1.29, 1.82) is 0 Å². The van der Waals surface area contributed by atoms with E-state index < -0.39 is 6.61 Å². The predicted molar refractivity (Wildman–Crippen MR) is 114 cm³/mol. The second-order valence-corrected chi connectivity index (χ2v) is 6.62. The van der Waals surface area contributed by atoms with Gasteiger partial charge in [-0.05, 0) is 43.7 Å². The summed E-state index contributed by atoms with van der Waals surface area (Å²) in [4.78, 5) is 4.49. The number of ether oxygens (including phenoxy) is 2. The summed E-state index contributed by atoms with van der Waals surface area (Å²) in [5.41, 5.74) is 1.33. The van der Waals surface area contributed by atoms with Crippen LogP contribution in [0.3, 0.4) is 0 Å². The van der Waals surface area contributed by atoms with Crippen molar-refractivity contribution in [3.63, 3.8) is 0 Å². The number of guanidine groups is 1. The molecule has 0 aliphatic rings. The molecule has 0 unspecified atom stereocenters. The van der Waals surface area contributed by atoms with Crippen LogP contribution in [0.2, 0.25) is 0 Å². The number of alkyl halides is 2. The van der Waals surface area contributed by atoms with E-state index in [0.29, 0.717) is 30.4 Å². The van der Waals surface area contributed by atoms with Crippen LogP contribution in [-0.4, -0.2) is 47.4 Å². The van der Waals surface area contributed by atoms with E-state index in [4.69, 9.17) is 4.74 Å². The summed E-state index contributed by atoms with van der Waals surface area (Å²) in [5.74, 6) is 2.10. The number of methoxy groups -OCH3 is 1. The second-order valence-electron chi connectivity index (χ2n) is 6.62. The summed E-state index contributed by atoms with van der Waals surface area (Å²) in [6, 6.07) is 10.4. The largest absolute Gasteiger partial charge is 0.497 e. The van der Waals surface area contributed by atoms with Gasteiger partial charge in [0.2, 0.25) is 0 Å². The first kappa shape index (κ1) is 22.3. The standard InChI is InChI=1S/C21H26F2N6O2/c1-3-24-21(25-11-6-8-19-28-27-18-7-4-5-12-29(18)19)26-14-15-13-16(30-2)9-10-17(15)31-20(22)23/h4-5,7,9-10,12-13,20H,3,6,8,11,14H2,1-2H3,(H2,24,25,26). The number of rotatable bonds is 10. The molecule has 0 saturated heterocycles. The van der Waals surface area contributed by atoms with E-state index in [9.17, 15) is 8.78 Å². The Morgan fingerprint density at radius 3 is 2.84 bits per heavy atom. The molecule has 0 bridgehead atoms. The van der Waals surface area contributed by atoms with Crippen LogP contribution in [0.5, 0.6) is 11.5 Å². The summed E-state index contributed by atoms with van der Waals surface area (Å²) >= 11 is 0. The van der Waals surface area contributed by atoms with Gasteiger partial charge in [-0.25, -0.2) is 4.99 Å². The molecule has 10 heteroatoms. The van der Waals surface area contributed by atoms with Gasteiger partial charge in [0.25, 0.3) is 0 Å². The molecule has 8 nitrogen and oxygen atoms in total. The van der Waals surface area contributed by atoms with Crippen LogP contribution in [0, 0.1) is 0 Å². The van der Waals surface area contributed by atoms with Crippen molar-refractivity contribution in [3.8, 4) is 11.5 Å². The first-order valence-corrected chi connectivity index (χ1v) is 10.0. The average Bonchev–Trinajstić information content (AvgIpc) is 3.18. The van der Waals surface area contributed by atoms with Crippen LogP contribution in [0.25, 0.3) is 5.65 Å². The van der Waals surface area contributed by atoms with Crippen LogP contribution < -0.4 is 20.1 Å². The fourth-order valence-corrected chi connectivity index (χ4v) is 3.04. The first-order valence-electron chi connectivity index (χ1n) is 10.0. The Bertz CT molecular complexity index is 1010. The number of halogens is 2. The van der Waals surface area contributed by atoms with Gasteiger partial charge in [-0.1, -0.05) is 6.07 Å². The van der Waals surface area contributed by atoms with Gasteiger partial charge in [-0.3, -0.25) is 4.40 Å². The number of fused-ring (bicyclic) bond motifs is 1. The number of hydrogen-bond acceptors (Lipinski definition) is 5. The van der Waals surface area contributed by atoms with E-state index in [0.717, 1.165) is 24.3 Å². The lowest BCUT2D eigenvalue weighted by atomic mass is 10.2. The molecule has 166 valence electrons. The number of benzene rings is 1. The van der Waals surface area contributed by atoms with Crippen molar-refractivity contribution in [3.05, 3.63) is 54.0 Å². The van der Waals surface area contributed by atoms with Gasteiger partial charge >= 0.3 is 6.61 Å². The molecule has 0 aliphatic heterocycles. The van der Waals surface area contributed by atoms with E-state index in [-0.39, 0.29) is 12.3 Å². The van der Waals surface area contributed by atoms with E-state index >= 15 is 0 Å². The zero-order valence-corrected chi connectivity index (χ0v) is 17.5. The Kier molecular flexibility index (Phi) is 7.97. The van der Waals surface area contributed by atoms with Crippen molar-refractivity contribution in [2.45, 2.75) is 32.9 Å². The number of aliphatic imine (C=N–C) groups is 1. The smallest absolute Gasteiger partial charge is 0.387 e. The van der Waals surface area contributed by atoms with E-state index in [1.807, 2.05) is 35.7 Å². The number of pyridine rings is 1. The summed E-state index contributed by atoms with van der Waals surface area (Å²) in [7, 11) is 1.51. The first-order chi connectivity index (χ1) is 15.1. The molecule has 0 fully saturated rings. The maximum Gasteiger partial charge on any atom is 0.387 e. The lowest BCUT2D eigenvalue weighted by Crippen LogP contribution is -2.37. The molecule has 2 heterocycles. The highest BCUT2D eigenvalue weighted by molar-refractivity contribution is 5.79. The van der Waals surface area contributed by atoms with Crippen molar-refractivity contribution in [1.82, 2.24) is 25.2 Å². The fraction of sp³-hybridized carbons (Fsp3) is 0.381. The van der Waals surface area contributed by atoms with Crippen molar-refractivity contribution in [2.75, 3.05) is 20.2 Å². The van der Waals surface area contributed by atoms with Crippen LogP contribution in [0.15, 0.2) is 47.6 Å². The molecule has 0 saturated carbocycles. The molecular formula is C21H26F2N6O2. The van der Waals surface area contributed by atoms with Gasteiger partial charge in [0, 0.05) is 31.3 Å². The molecule has 0 aliphatic carbocycles. The summed E-state index contributed by atoms with van der Waals surface area (Å²) in [6.07, 6.45) is 3.51. The Hall–Kier alpha value is -3.43. The van der Waals surface area contributed by atoms with Gasteiger partial charge in [-0.2, -0.15) is 8.78 Å². The number of nitrogens with zero attached hydrogens (tertiary/aromatic N) is 4. The quantitative estimate of drug-likeness (QED) is 0.291. The van der Waals surface area contributed by atoms with Gasteiger partial charge in [0.15, 0.2) is 11.6 Å². The minimum absolute atomic E-state index is 0.0779. The molecule has 2 N–H and O–H groups in total. The van der Waals surface area contributed by atoms with Crippen LogP contribution in [0.1, 0.15) is 24.7 Å². The summed E-state index contributed by atoms with van der Waals surface area (Å²) in [6.45, 7) is 0.529. The van der Waals surface area contributed by atoms with Crippen LogP contribution >= 0.6 is 0 Å². The minimum atomic E-state index is -2.91. The lowest BCUT2D eigenvalue weighted by molar-refractivity contribution is -0.0504. The highest BCUT2D eigenvalue weighted by Gasteiger charge is 2.11. The topological polar surface area (TPSA) is 85.1 Å². The van der Waals surface area contributed by atoms with Crippen LogP contribution in [0.4, 0.5) is 8.78 Å². The Balaban J connectivity index is 1.60. The fourth-order valence-electron chi connectivity index (χ4n) is 3.04. The third kappa shape index (κ3) is 6.27. The Morgan fingerprint density at radius 2 is 2.06 bits per heavy atom. The van der Waals surface area contributed by atoms with E-state index in [1.165, 1.54) is 13.2 Å². The van der Waals surface area contributed by atoms with Crippen molar-refractivity contribution < 1.29 is 18.3 Å². The molecule has 1 aromatic carbocycles. The minimum Gasteiger partial charge on any atom is -0.497 e. The van der Waals surface area contributed by atoms with Crippen LogP contribution in [-0.2, 0) is 13.0 Å². The van der Waals surface area contributed by atoms with Crippen molar-refractivity contribution in [2.24, 2.45) is 4.99 Å². The zero-order valence-electron chi connectivity index (χ0n) is 17.5. The van der Waals surface area contributed by atoms with Gasteiger partial charge in [-0.15, -0.1) is 10.2 Å². The lowest BCUT2D eigenvalue weighted by Gasteiger charge is -2.13. The van der Waals surface area contributed by atoms with Gasteiger partial charge in [0.1, 0.15) is 17.3 Å². The molecule has 3 rings (SSSR count). The molecule has 0 spiro atoms. The monoisotopic (exact) mass is 432 g/mol. The Labute approximate surface area is 179 Å². The zero-order chi connectivity index (χ0) is 22.1. The van der Waals surface area contributed by atoms with E-state index in [2.05, 4.69) is 30.6 Å². The number of nitrogens with one attached hydrogen (secondary N) is 2. The number of aromatic nitrogens is 3. The predicted octanol–water partition coefficient (Wildman–Crippen LogP) is 3.03. The maximum absolute atomic E-state index is 12.7. The van der Waals surface area contributed by atoms with Crippen molar-refractivity contribution >= 4 is 11.6 Å². The van der Waals surface area contributed by atoms with E-state index in [1.54, 1.807) is 12.1 Å². The molecule has 3 aromatic rings. The summed E-state index contributed by atoms with van der Waals surface area (Å²) in [5, 5.41) is 14.8. The average molecular weight is 432 g/mol. The third-order valence-corrected chi connectivity index (χ3v) is 4.49. The molecule has 0 amide bonds. The summed E-state index contributed by atoms with van der Waals surface area (Å²) < 4.78 is 37.1. The highest BCUT2D eigenvalue weighted by atomic mass is 19.3. The number of hydrogen-bond donors (Lipinski definition) is 2. The van der Waals surface area contributed by atoms with Gasteiger partial charge < -0.3 is 20.1 Å². The molecule has 2 aromatic heterocycles.